The van der Waals surface area contributed by atoms with E-state index < -0.39 is 51.9 Å². The molecule has 2 N–H and O–H groups in total. The van der Waals surface area contributed by atoms with Crippen LogP contribution in [0.3, 0.4) is 0 Å². The fraction of sp³-hybridized carbons (Fsp3) is 0.111. The topological polar surface area (TPSA) is 101 Å². The Balaban J connectivity index is 2.78. The second kappa shape index (κ2) is 4.02. The number of carbonyl (C=O) groups is 2. The van der Waals surface area contributed by atoms with Gasteiger partial charge in [-0.15, -0.1) is 0 Å². The minimum atomic E-state index is -1.75. The maximum Gasteiger partial charge on any atom is 0.322 e. The predicted molar refractivity (Wildman–Crippen MR) is 54.0 cm³/mol. The quantitative estimate of drug-likeness (QED) is 0.566. The van der Waals surface area contributed by atoms with E-state index in [1.807, 2.05) is 5.32 Å². The Bertz CT molecular complexity index is 588. The van der Waals surface area contributed by atoms with Crippen LogP contribution < -0.4 is 10.6 Å². The van der Waals surface area contributed by atoms with Crippen LogP contribution in [-0.4, -0.2) is 23.3 Å². The van der Waals surface area contributed by atoms with E-state index >= 15 is 0 Å². The Labute approximate surface area is 97.9 Å². The zero-order chi connectivity index (χ0) is 13.4. The fourth-order valence-electron chi connectivity index (χ4n) is 1.56. The van der Waals surface area contributed by atoms with Crippen LogP contribution in [0.5, 0.6) is 0 Å². The standard InChI is InChI=1S/C9H5F2N3O4/c10-3-1-4-6(8(7(3)11)14(17)18)9(16)12-2-5(15)13-4/h1H,2H2,(H,12,16)(H,13,15). The van der Waals surface area contributed by atoms with Crippen molar-refractivity contribution in [2.75, 3.05) is 11.9 Å². The van der Waals surface area contributed by atoms with Crippen LogP contribution in [0.2, 0.25) is 0 Å². The number of rotatable bonds is 1. The van der Waals surface area contributed by atoms with Gasteiger partial charge >= 0.3 is 5.69 Å². The highest BCUT2D eigenvalue weighted by Gasteiger charge is 2.34. The molecule has 18 heavy (non-hydrogen) atoms. The highest BCUT2D eigenvalue weighted by Crippen LogP contribution is 2.32. The van der Waals surface area contributed by atoms with E-state index in [2.05, 4.69) is 5.32 Å². The number of hydrogen-bond acceptors (Lipinski definition) is 4. The van der Waals surface area contributed by atoms with Gasteiger partial charge in [-0.05, 0) is 0 Å². The lowest BCUT2D eigenvalue weighted by atomic mass is 10.1. The van der Waals surface area contributed by atoms with Crippen molar-refractivity contribution in [3.05, 3.63) is 33.4 Å². The molecule has 1 heterocycles. The maximum absolute atomic E-state index is 13.3. The minimum absolute atomic E-state index is 0.430. The van der Waals surface area contributed by atoms with Crippen molar-refractivity contribution in [3.8, 4) is 0 Å². The van der Waals surface area contributed by atoms with Crippen molar-refractivity contribution in [1.82, 2.24) is 5.32 Å². The number of fused-ring (bicyclic) bond motifs is 1. The second-order valence-corrected chi connectivity index (χ2v) is 3.43. The lowest BCUT2D eigenvalue weighted by Crippen LogP contribution is -2.28. The molecule has 1 aromatic rings. The minimum Gasteiger partial charge on any atom is -0.343 e. The number of nitro groups is 1. The van der Waals surface area contributed by atoms with Crippen LogP contribution >= 0.6 is 0 Å². The van der Waals surface area contributed by atoms with Crippen molar-refractivity contribution in [2.45, 2.75) is 0 Å². The molecule has 0 unspecified atom stereocenters. The Morgan fingerprint density at radius 1 is 1.33 bits per heavy atom. The molecule has 0 atom stereocenters. The van der Waals surface area contributed by atoms with Gasteiger partial charge in [0.25, 0.3) is 5.91 Å². The van der Waals surface area contributed by atoms with E-state index in [-0.39, 0.29) is 0 Å². The number of benzene rings is 1. The molecule has 1 aliphatic rings. The van der Waals surface area contributed by atoms with Crippen molar-refractivity contribution in [3.63, 3.8) is 0 Å². The van der Waals surface area contributed by atoms with Gasteiger partial charge in [0.05, 0.1) is 17.2 Å². The average molecular weight is 257 g/mol. The van der Waals surface area contributed by atoms with Gasteiger partial charge in [0, 0.05) is 6.07 Å². The molecule has 0 saturated carbocycles. The van der Waals surface area contributed by atoms with Gasteiger partial charge in [-0.25, -0.2) is 4.39 Å². The van der Waals surface area contributed by atoms with Gasteiger partial charge in [0.2, 0.25) is 11.7 Å². The zero-order valence-corrected chi connectivity index (χ0v) is 8.62. The predicted octanol–water partition coefficient (Wildman–Crippen LogP) is 0.555. The Hall–Kier alpha value is -2.58. The molecule has 94 valence electrons. The monoisotopic (exact) mass is 257 g/mol. The zero-order valence-electron chi connectivity index (χ0n) is 8.62. The molecule has 1 aliphatic heterocycles. The van der Waals surface area contributed by atoms with Crippen molar-refractivity contribution in [1.29, 1.82) is 0 Å². The van der Waals surface area contributed by atoms with Crippen molar-refractivity contribution < 1.29 is 23.3 Å². The number of anilines is 1. The highest BCUT2D eigenvalue weighted by molar-refractivity contribution is 6.11. The number of hydrogen-bond donors (Lipinski definition) is 2. The largest absolute Gasteiger partial charge is 0.343 e. The smallest absolute Gasteiger partial charge is 0.322 e. The van der Waals surface area contributed by atoms with Crippen LogP contribution in [0, 0.1) is 21.7 Å². The van der Waals surface area contributed by atoms with Crippen molar-refractivity contribution >= 4 is 23.2 Å². The summed E-state index contributed by atoms with van der Waals surface area (Å²) in [5.74, 6) is -4.98. The number of nitrogens with one attached hydrogen (secondary N) is 2. The lowest BCUT2D eigenvalue weighted by Gasteiger charge is -2.06. The molecular weight excluding hydrogens is 252 g/mol. The number of nitrogens with zero attached hydrogens (tertiary/aromatic N) is 1. The van der Waals surface area contributed by atoms with E-state index in [1.54, 1.807) is 0 Å². The lowest BCUT2D eigenvalue weighted by molar-refractivity contribution is -0.388. The molecular formula is C9H5F2N3O4. The highest BCUT2D eigenvalue weighted by atomic mass is 19.2. The van der Waals surface area contributed by atoms with Gasteiger partial charge in [0.1, 0.15) is 5.56 Å². The first kappa shape index (κ1) is 11.9. The summed E-state index contributed by atoms with van der Waals surface area (Å²) in [5.41, 5.74) is -2.44. The van der Waals surface area contributed by atoms with Crippen LogP contribution in [0.25, 0.3) is 0 Å². The first-order chi connectivity index (χ1) is 8.41. The van der Waals surface area contributed by atoms with E-state index in [0.717, 1.165) is 0 Å². The molecule has 2 rings (SSSR count). The summed E-state index contributed by atoms with van der Waals surface area (Å²) in [5, 5.41) is 14.8. The third-order valence-electron chi connectivity index (χ3n) is 2.29. The van der Waals surface area contributed by atoms with Crippen LogP contribution in [0.4, 0.5) is 20.2 Å². The van der Waals surface area contributed by atoms with Gasteiger partial charge in [-0.2, -0.15) is 4.39 Å². The molecule has 0 spiro atoms. The third-order valence-corrected chi connectivity index (χ3v) is 2.29. The van der Waals surface area contributed by atoms with Gasteiger partial charge in [-0.1, -0.05) is 0 Å². The van der Waals surface area contributed by atoms with Gasteiger partial charge in [0.15, 0.2) is 5.82 Å². The summed E-state index contributed by atoms with van der Waals surface area (Å²) in [6.45, 7) is -0.437. The summed E-state index contributed by atoms with van der Waals surface area (Å²) in [7, 11) is 0. The number of carbonyl (C=O) groups excluding carboxylic acids is 2. The van der Waals surface area contributed by atoms with E-state index in [9.17, 15) is 28.5 Å². The maximum atomic E-state index is 13.3. The summed E-state index contributed by atoms with van der Waals surface area (Å²) in [6, 6.07) is 0.528. The first-order valence-electron chi connectivity index (χ1n) is 4.66. The van der Waals surface area contributed by atoms with Crippen molar-refractivity contribution in [2.24, 2.45) is 0 Å². The number of amides is 2. The molecule has 0 aromatic heterocycles. The van der Waals surface area contributed by atoms with Gasteiger partial charge < -0.3 is 10.6 Å². The molecule has 0 saturated heterocycles. The van der Waals surface area contributed by atoms with Crippen LogP contribution in [-0.2, 0) is 4.79 Å². The number of nitro benzene ring substituents is 1. The molecule has 2 amide bonds. The summed E-state index contributed by atoms with van der Waals surface area (Å²) < 4.78 is 26.5. The third kappa shape index (κ3) is 1.75. The summed E-state index contributed by atoms with van der Waals surface area (Å²) in [6.07, 6.45) is 0. The van der Waals surface area contributed by atoms with E-state index in [0.29, 0.717) is 6.07 Å². The molecule has 0 bridgehead atoms. The molecule has 9 heteroatoms. The number of halogens is 2. The van der Waals surface area contributed by atoms with Crippen LogP contribution in [0.15, 0.2) is 6.07 Å². The van der Waals surface area contributed by atoms with Crippen LogP contribution in [0.1, 0.15) is 10.4 Å². The van der Waals surface area contributed by atoms with E-state index in [4.69, 9.17) is 0 Å². The summed E-state index contributed by atoms with van der Waals surface area (Å²) in [4.78, 5) is 32.2. The molecule has 0 radical (unpaired) electrons. The SMILES string of the molecule is O=C1CNC(=O)c2c(cc(F)c(F)c2[N+](=O)[O-])N1. The van der Waals surface area contributed by atoms with E-state index in [1.165, 1.54) is 0 Å². The normalized spacial score (nSPS) is 14.3. The Kier molecular flexibility index (Phi) is 2.66. The average Bonchev–Trinajstić information content (AvgIpc) is 2.41. The molecule has 7 nitrogen and oxygen atoms in total. The van der Waals surface area contributed by atoms with Gasteiger partial charge in [-0.3, -0.25) is 19.7 Å². The Morgan fingerprint density at radius 3 is 2.61 bits per heavy atom. The molecule has 1 aromatic carbocycles. The molecule has 0 fully saturated rings. The second-order valence-electron chi connectivity index (χ2n) is 3.43. The Morgan fingerprint density at radius 2 is 2.00 bits per heavy atom. The first-order valence-corrected chi connectivity index (χ1v) is 4.66. The summed E-state index contributed by atoms with van der Waals surface area (Å²) >= 11 is 0. The molecule has 0 aliphatic carbocycles. The fourth-order valence-corrected chi connectivity index (χ4v) is 1.56.